The standard InChI is InChI=1S/C8H12N2/c1-2-6-10-8(7-9)4-3-5-8/h2,10H,1,3-6H2. The van der Waals surface area contributed by atoms with Gasteiger partial charge in [0, 0.05) is 6.54 Å². The topological polar surface area (TPSA) is 35.8 Å². The van der Waals surface area contributed by atoms with Crippen LogP contribution in [0.3, 0.4) is 0 Å². The Hall–Kier alpha value is -0.810. The van der Waals surface area contributed by atoms with Gasteiger partial charge in [-0.2, -0.15) is 5.26 Å². The molecule has 0 aliphatic heterocycles. The smallest absolute Gasteiger partial charge is 0.107 e. The second-order valence-electron chi connectivity index (χ2n) is 2.72. The molecular formula is C8H12N2. The van der Waals surface area contributed by atoms with Gasteiger partial charge in [-0.1, -0.05) is 6.08 Å². The largest absolute Gasteiger partial charge is 0.296 e. The minimum Gasteiger partial charge on any atom is -0.296 e. The van der Waals surface area contributed by atoms with E-state index in [1.54, 1.807) is 6.08 Å². The molecule has 2 heteroatoms. The molecule has 1 rings (SSSR count). The summed E-state index contributed by atoms with van der Waals surface area (Å²) in [5, 5.41) is 11.9. The van der Waals surface area contributed by atoms with E-state index in [2.05, 4.69) is 18.0 Å². The Morgan fingerprint density at radius 3 is 2.70 bits per heavy atom. The predicted molar refractivity (Wildman–Crippen MR) is 40.4 cm³/mol. The van der Waals surface area contributed by atoms with E-state index in [1.807, 2.05) is 0 Å². The molecule has 0 saturated heterocycles. The van der Waals surface area contributed by atoms with Crippen LogP contribution in [0, 0.1) is 11.3 Å². The van der Waals surface area contributed by atoms with E-state index in [4.69, 9.17) is 5.26 Å². The minimum absolute atomic E-state index is 0.200. The van der Waals surface area contributed by atoms with Crippen molar-refractivity contribution in [3.63, 3.8) is 0 Å². The van der Waals surface area contributed by atoms with Crippen molar-refractivity contribution in [3.05, 3.63) is 12.7 Å². The Morgan fingerprint density at radius 2 is 2.40 bits per heavy atom. The van der Waals surface area contributed by atoms with E-state index in [0.29, 0.717) is 0 Å². The Kier molecular flexibility index (Phi) is 2.08. The van der Waals surface area contributed by atoms with Crippen LogP contribution in [-0.2, 0) is 0 Å². The van der Waals surface area contributed by atoms with Crippen LogP contribution in [0.1, 0.15) is 19.3 Å². The van der Waals surface area contributed by atoms with Crippen molar-refractivity contribution in [2.45, 2.75) is 24.8 Å². The van der Waals surface area contributed by atoms with Gasteiger partial charge in [0.25, 0.3) is 0 Å². The van der Waals surface area contributed by atoms with Crippen LogP contribution in [0.25, 0.3) is 0 Å². The maximum absolute atomic E-state index is 8.72. The second-order valence-corrected chi connectivity index (χ2v) is 2.72. The monoisotopic (exact) mass is 136 g/mol. The Balaban J connectivity index is 2.35. The van der Waals surface area contributed by atoms with Gasteiger partial charge in [-0.15, -0.1) is 6.58 Å². The van der Waals surface area contributed by atoms with Gasteiger partial charge in [0.2, 0.25) is 0 Å². The van der Waals surface area contributed by atoms with Gasteiger partial charge in [-0.3, -0.25) is 5.32 Å². The molecule has 1 aliphatic rings. The average Bonchev–Trinajstić information content (AvgIpc) is 1.87. The first-order valence-electron chi connectivity index (χ1n) is 3.60. The van der Waals surface area contributed by atoms with Gasteiger partial charge in [0.1, 0.15) is 5.54 Å². The van der Waals surface area contributed by atoms with Crippen LogP contribution in [-0.4, -0.2) is 12.1 Å². The van der Waals surface area contributed by atoms with Crippen molar-refractivity contribution in [2.24, 2.45) is 0 Å². The van der Waals surface area contributed by atoms with Crippen LogP contribution < -0.4 is 5.32 Å². The lowest BCUT2D eigenvalue weighted by Gasteiger charge is -2.35. The normalized spacial score (nSPS) is 20.7. The predicted octanol–water partition coefficient (Wildman–Crippen LogP) is 1.21. The fourth-order valence-corrected chi connectivity index (χ4v) is 1.13. The summed E-state index contributed by atoms with van der Waals surface area (Å²) in [6.07, 6.45) is 4.96. The molecule has 1 N–H and O–H groups in total. The van der Waals surface area contributed by atoms with Crippen molar-refractivity contribution in [3.8, 4) is 6.07 Å². The quantitative estimate of drug-likeness (QED) is 0.592. The summed E-state index contributed by atoms with van der Waals surface area (Å²) in [6.45, 7) is 4.33. The highest BCUT2D eigenvalue weighted by molar-refractivity contribution is 5.13. The van der Waals surface area contributed by atoms with Gasteiger partial charge in [0.15, 0.2) is 0 Å². The van der Waals surface area contributed by atoms with Gasteiger partial charge >= 0.3 is 0 Å². The van der Waals surface area contributed by atoms with Gasteiger partial charge in [0.05, 0.1) is 6.07 Å². The van der Waals surface area contributed by atoms with Crippen molar-refractivity contribution >= 4 is 0 Å². The van der Waals surface area contributed by atoms with Crippen molar-refractivity contribution < 1.29 is 0 Å². The van der Waals surface area contributed by atoms with Crippen LogP contribution in [0.2, 0.25) is 0 Å². The molecule has 0 bridgehead atoms. The van der Waals surface area contributed by atoms with Crippen LogP contribution in [0.15, 0.2) is 12.7 Å². The highest BCUT2D eigenvalue weighted by Crippen LogP contribution is 2.30. The van der Waals surface area contributed by atoms with Crippen LogP contribution in [0.4, 0.5) is 0 Å². The Labute approximate surface area is 61.5 Å². The lowest BCUT2D eigenvalue weighted by atomic mass is 9.78. The maximum atomic E-state index is 8.72. The molecule has 10 heavy (non-hydrogen) atoms. The highest BCUT2D eigenvalue weighted by atomic mass is 15.0. The Morgan fingerprint density at radius 1 is 1.70 bits per heavy atom. The molecule has 54 valence electrons. The number of hydrogen-bond acceptors (Lipinski definition) is 2. The third kappa shape index (κ3) is 1.19. The first kappa shape index (κ1) is 7.30. The molecule has 0 aromatic rings. The molecule has 0 amide bonds. The first-order chi connectivity index (χ1) is 4.83. The van der Waals surface area contributed by atoms with E-state index in [9.17, 15) is 0 Å². The van der Waals surface area contributed by atoms with Crippen LogP contribution in [0.5, 0.6) is 0 Å². The second kappa shape index (κ2) is 2.85. The molecule has 1 aliphatic carbocycles. The molecule has 0 aromatic carbocycles. The number of nitrogens with one attached hydrogen (secondary N) is 1. The number of nitriles is 1. The van der Waals surface area contributed by atoms with Gasteiger partial charge in [-0.25, -0.2) is 0 Å². The molecule has 2 nitrogen and oxygen atoms in total. The van der Waals surface area contributed by atoms with E-state index >= 15 is 0 Å². The van der Waals surface area contributed by atoms with Crippen molar-refractivity contribution in [1.29, 1.82) is 5.26 Å². The van der Waals surface area contributed by atoms with E-state index < -0.39 is 0 Å². The van der Waals surface area contributed by atoms with E-state index in [1.165, 1.54) is 6.42 Å². The van der Waals surface area contributed by atoms with Crippen molar-refractivity contribution in [1.82, 2.24) is 5.32 Å². The zero-order valence-electron chi connectivity index (χ0n) is 6.06. The zero-order chi connectivity index (χ0) is 7.45. The lowest BCUT2D eigenvalue weighted by Crippen LogP contribution is -2.49. The molecule has 0 aromatic heterocycles. The SMILES string of the molecule is C=CCNC1(C#N)CCC1. The van der Waals surface area contributed by atoms with E-state index in [-0.39, 0.29) is 5.54 Å². The molecular weight excluding hydrogens is 124 g/mol. The number of rotatable bonds is 3. The summed E-state index contributed by atoms with van der Waals surface area (Å²) in [5.41, 5.74) is -0.200. The summed E-state index contributed by atoms with van der Waals surface area (Å²) < 4.78 is 0. The molecule has 0 radical (unpaired) electrons. The first-order valence-corrected chi connectivity index (χ1v) is 3.60. The minimum atomic E-state index is -0.200. The van der Waals surface area contributed by atoms with Crippen LogP contribution >= 0.6 is 0 Å². The number of nitrogens with zero attached hydrogens (tertiary/aromatic N) is 1. The molecule has 0 heterocycles. The summed E-state index contributed by atoms with van der Waals surface area (Å²) >= 11 is 0. The molecule has 1 saturated carbocycles. The molecule has 1 fully saturated rings. The molecule has 0 atom stereocenters. The summed E-state index contributed by atoms with van der Waals surface area (Å²) in [7, 11) is 0. The van der Waals surface area contributed by atoms with Crippen molar-refractivity contribution in [2.75, 3.05) is 6.54 Å². The average molecular weight is 136 g/mol. The zero-order valence-corrected chi connectivity index (χ0v) is 6.06. The fraction of sp³-hybridized carbons (Fsp3) is 0.625. The maximum Gasteiger partial charge on any atom is 0.107 e. The summed E-state index contributed by atoms with van der Waals surface area (Å²) in [5.74, 6) is 0. The third-order valence-electron chi connectivity index (χ3n) is 2.01. The highest BCUT2D eigenvalue weighted by Gasteiger charge is 2.35. The van der Waals surface area contributed by atoms with E-state index in [0.717, 1.165) is 19.4 Å². The molecule has 0 spiro atoms. The fourth-order valence-electron chi connectivity index (χ4n) is 1.13. The number of hydrogen-bond donors (Lipinski definition) is 1. The lowest BCUT2D eigenvalue weighted by molar-refractivity contribution is 0.264. The van der Waals surface area contributed by atoms with Gasteiger partial charge in [-0.05, 0) is 19.3 Å². The summed E-state index contributed by atoms with van der Waals surface area (Å²) in [6, 6.07) is 2.29. The summed E-state index contributed by atoms with van der Waals surface area (Å²) in [4.78, 5) is 0. The Bertz CT molecular complexity index is 163. The molecule has 0 unspecified atom stereocenters. The van der Waals surface area contributed by atoms with Gasteiger partial charge < -0.3 is 0 Å². The third-order valence-corrected chi connectivity index (χ3v) is 2.01.